The van der Waals surface area contributed by atoms with Crippen LogP contribution in [0.1, 0.15) is 33.8 Å². The van der Waals surface area contributed by atoms with Gasteiger partial charge in [-0.1, -0.05) is 58.7 Å². The molecule has 0 radical (unpaired) electrons. The van der Waals surface area contributed by atoms with Gasteiger partial charge in [-0.3, -0.25) is 18.7 Å². The first-order chi connectivity index (χ1) is 33.5. The number of halogens is 7. The minimum absolute atomic E-state index is 0. The number of carbonyl (C=O) groups excluding carboxylic acids is 1. The van der Waals surface area contributed by atoms with Gasteiger partial charge in [0.15, 0.2) is 30.5 Å². The van der Waals surface area contributed by atoms with Gasteiger partial charge in [-0.2, -0.15) is 0 Å². The molecule has 0 aromatic carbocycles. The molecule has 8 aromatic heterocycles. The third-order valence-corrected chi connectivity index (χ3v) is 9.47. The summed E-state index contributed by atoms with van der Waals surface area (Å²) in [4.78, 5) is 41.3. The fourth-order valence-corrected chi connectivity index (χ4v) is 5.97. The fraction of sp³-hybridized carbons (Fsp3) is 0.133. The van der Waals surface area contributed by atoms with Gasteiger partial charge in [0, 0.05) is 76.6 Å². The van der Waals surface area contributed by atoms with Crippen LogP contribution in [0.25, 0.3) is 17.5 Å². The summed E-state index contributed by atoms with van der Waals surface area (Å²) in [6.07, 6.45) is 17.8. The van der Waals surface area contributed by atoms with Gasteiger partial charge in [-0.05, 0) is 124 Å². The van der Waals surface area contributed by atoms with E-state index in [9.17, 15) is 14.2 Å². The Labute approximate surface area is 492 Å². The Hall–Kier alpha value is -3.72. The Morgan fingerprint density at radius 3 is 1.55 bits per heavy atom. The third-order valence-electron chi connectivity index (χ3n) is 8.27. The van der Waals surface area contributed by atoms with Crippen LogP contribution in [-0.4, -0.2) is 82.8 Å². The molecule has 0 amide bonds. The summed E-state index contributed by atoms with van der Waals surface area (Å²) in [5.41, 5.74) is 11.1. The molecule has 5 N–H and O–H groups in total. The Bertz CT molecular complexity index is 2790. The maximum absolute atomic E-state index is 10.9. The number of anilines is 2. The molecule has 1 fully saturated rings. The number of hydrogen-bond donors (Lipinski definition) is 3. The Morgan fingerprint density at radius 1 is 0.690 bits per heavy atom. The maximum Gasteiger partial charge on any atom is 1.00 e. The zero-order chi connectivity index (χ0) is 51.5. The normalized spacial score (nSPS) is 13.0. The van der Waals surface area contributed by atoms with Crippen LogP contribution in [0.15, 0.2) is 153 Å². The summed E-state index contributed by atoms with van der Waals surface area (Å²) in [6, 6.07) is 30.7. The van der Waals surface area contributed by atoms with Crippen molar-refractivity contribution in [1.29, 1.82) is 0 Å². The van der Waals surface area contributed by atoms with Crippen LogP contribution in [0.5, 0.6) is 0 Å². The number of carboxylic acid groups (broad SMARTS) is 1. The first kappa shape index (κ1) is 63.4. The van der Waals surface area contributed by atoms with Crippen molar-refractivity contribution in [1.82, 2.24) is 38.6 Å². The third kappa shape index (κ3) is 24.2. The predicted molar refractivity (Wildman–Crippen MR) is 276 cm³/mol. The number of nitrogen functional groups attached to an aromatic ring is 2. The molecule has 2 unspecified atom stereocenters. The Balaban J connectivity index is 0.000000291. The van der Waals surface area contributed by atoms with Crippen molar-refractivity contribution in [3.05, 3.63) is 190 Å². The molecule has 0 bridgehead atoms. The SMILES string of the molecule is COC1CCC(OC)O1.Clc1cccnc1-n1cccc1.Nc1ccccn1.Nc1ncccc1Cl.O=C(O)c1c[c-]cn1-c1ncccc1Cl.O=Cc1cccn1-c1ncccc1Cl.O=P(Cl)(Cl)Cl.[Rb+]. The number of ether oxygens (including phenoxy) is 3. The summed E-state index contributed by atoms with van der Waals surface area (Å²) in [6.45, 7) is 0. The second-order valence-electron chi connectivity index (χ2n) is 13.0. The van der Waals surface area contributed by atoms with Crippen molar-refractivity contribution >= 4 is 109 Å². The average Bonchev–Trinajstić information content (AvgIpc) is 4.20. The molecule has 71 heavy (non-hydrogen) atoms. The average molecular weight is 1200 g/mol. The zero-order valence-electron chi connectivity index (χ0n) is 37.8. The fourth-order valence-electron chi connectivity index (χ4n) is 5.20. The molecule has 26 heteroatoms. The number of aromatic carboxylic acids is 1. The van der Waals surface area contributed by atoms with Crippen molar-refractivity contribution in [3.63, 3.8) is 0 Å². The molecule has 370 valence electrons. The molecule has 0 aliphatic carbocycles. The summed E-state index contributed by atoms with van der Waals surface area (Å²) in [5.74, 6) is 1.64. The first-order valence-electron chi connectivity index (χ1n) is 19.8. The van der Waals surface area contributed by atoms with Gasteiger partial charge in [0.2, 0.25) is 0 Å². The van der Waals surface area contributed by atoms with Gasteiger partial charge in [0.1, 0.15) is 17.5 Å². The molecule has 1 aliphatic heterocycles. The Morgan fingerprint density at radius 2 is 1.17 bits per heavy atom. The summed E-state index contributed by atoms with van der Waals surface area (Å²) in [7, 11) is 3.28. The number of aldehydes is 1. The van der Waals surface area contributed by atoms with Crippen LogP contribution in [-0.2, 0) is 18.8 Å². The summed E-state index contributed by atoms with van der Waals surface area (Å²) < 4.78 is 29.5. The number of carboxylic acids is 1. The minimum atomic E-state index is -3.22. The van der Waals surface area contributed by atoms with Crippen LogP contribution >= 0.6 is 85.3 Å². The monoisotopic (exact) mass is 1200 g/mol. The Kier molecular flexibility index (Phi) is 30.9. The number of aromatic nitrogens is 8. The van der Waals surface area contributed by atoms with Crippen molar-refractivity contribution in [2.45, 2.75) is 25.4 Å². The van der Waals surface area contributed by atoms with E-state index in [1.807, 2.05) is 53.4 Å². The number of carbonyl (C=O) groups is 2. The minimum Gasteiger partial charge on any atom is -0.490 e. The number of hydrogen-bond acceptors (Lipinski definition) is 13. The molecule has 1 saturated heterocycles. The van der Waals surface area contributed by atoms with Gasteiger partial charge >= 0.3 is 63.4 Å². The quantitative estimate of drug-likeness (QED) is 0.0767. The number of nitrogens with zero attached hydrogens (tertiary/aromatic N) is 8. The van der Waals surface area contributed by atoms with E-state index in [2.05, 4.69) is 64.7 Å². The topological polar surface area (TPSA) is 230 Å². The van der Waals surface area contributed by atoms with Gasteiger partial charge < -0.3 is 39.9 Å². The van der Waals surface area contributed by atoms with E-state index in [1.54, 1.807) is 111 Å². The molecular weight excluding hydrogens is 1160 g/mol. The summed E-state index contributed by atoms with van der Waals surface area (Å²) >= 11 is 37.2. The first-order valence-corrected chi connectivity index (χ1v) is 25.7. The van der Waals surface area contributed by atoms with Crippen LogP contribution in [0.3, 0.4) is 0 Å². The number of nitrogens with two attached hydrogens (primary N) is 2. The van der Waals surface area contributed by atoms with E-state index in [4.69, 9.17) is 77.2 Å². The van der Waals surface area contributed by atoms with Crippen LogP contribution in [0.4, 0.5) is 11.6 Å². The predicted octanol–water partition coefficient (Wildman–Crippen LogP) is 9.43. The van der Waals surface area contributed by atoms with Crippen molar-refractivity contribution in [2.24, 2.45) is 0 Å². The van der Waals surface area contributed by atoms with E-state index in [0.29, 0.717) is 49.1 Å². The van der Waals surface area contributed by atoms with Crippen LogP contribution < -0.4 is 69.7 Å². The van der Waals surface area contributed by atoms with E-state index in [-0.39, 0.29) is 76.5 Å². The molecule has 17 nitrogen and oxygen atoms in total. The summed E-state index contributed by atoms with van der Waals surface area (Å²) in [5, 5.41) is 7.75. The van der Waals surface area contributed by atoms with Crippen molar-refractivity contribution in [3.8, 4) is 17.5 Å². The van der Waals surface area contributed by atoms with Crippen LogP contribution in [0.2, 0.25) is 20.1 Å². The van der Waals surface area contributed by atoms with E-state index in [1.165, 1.54) is 16.8 Å². The molecule has 2 atom stereocenters. The van der Waals surface area contributed by atoms with E-state index < -0.39 is 11.2 Å². The maximum atomic E-state index is 10.9. The molecular formula is C45H43Cl7N10O7PRb. The van der Waals surface area contributed by atoms with Crippen molar-refractivity contribution < 1.29 is 91.7 Å². The number of rotatable bonds is 7. The van der Waals surface area contributed by atoms with Crippen molar-refractivity contribution in [2.75, 3.05) is 25.7 Å². The zero-order valence-corrected chi connectivity index (χ0v) is 48.9. The van der Waals surface area contributed by atoms with Crippen LogP contribution in [0, 0.1) is 6.07 Å². The largest absolute Gasteiger partial charge is 1.00 e. The van der Waals surface area contributed by atoms with Gasteiger partial charge in [-0.25, -0.2) is 37.1 Å². The van der Waals surface area contributed by atoms with E-state index in [0.717, 1.165) is 24.9 Å². The molecule has 0 saturated carbocycles. The van der Waals surface area contributed by atoms with E-state index >= 15 is 0 Å². The molecule has 0 spiro atoms. The van der Waals surface area contributed by atoms with Gasteiger partial charge in [0.25, 0.3) is 5.97 Å². The molecule has 8 aromatic rings. The molecule has 9 rings (SSSR count). The smallest absolute Gasteiger partial charge is 0.490 e. The number of pyridine rings is 5. The number of methoxy groups -OCH3 is 2. The van der Waals surface area contributed by atoms with Gasteiger partial charge in [0.05, 0.1) is 25.8 Å². The van der Waals surface area contributed by atoms with Gasteiger partial charge in [-0.15, -0.1) is 0 Å². The second-order valence-corrected chi connectivity index (χ2v) is 21.3. The molecule has 1 aliphatic rings. The molecule has 9 heterocycles. The second kappa shape index (κ2) is 34.7. The standard InChI is InChI=1S/C10H6ClN2O2.C10H7ClN2O.C9H7ClN2.C6H12O3.C5H5ClN2.C5H6N2.Cl3OP.Rb/c11-7-3-1-5-12-9(7)13-6-2-4-8(13)10(14)15;11-9-4-1-5-12-10(9)13-6-2-3-8(13)7-14;10-8-4-3-5-11-9(8)12-6-1-2-7-12;1-7-5-3-4-6(8-2)9-5;6-4-2-1-3-8-5(4)7;6-5-3-1-2-4-7-5;1-5(2,3)4;/h1,3-6H,(H,14,15);1-7H;1-7H;5-6H,3-4H2,1-2H3;1-3H,(H2,7,8);1-4H,(H2,6,7);;/q-1;;;;;;;+1.